The average Bonchev–Trinajstić information content (AvgIpc) is 2.66. The molecule has 1 aromatic rings. The zero-order valence-corrected chi connectivity index (χ0v) is 12.0. The van der Waals surface area contributed by atoms with Crippen LogP contribution in [0, 0.1) is 5.82 Å². The van der Waals surface area contributed by atoms with Gasteiger partial charge in [0.1, 0.15) is 5.82 Å². The van der Waals surface area contributed by atoms with Crippen LogP contribution >= 0.6 is 0 Å². The Balaban J connectivity index is 2.11. The molecular weight excluding hydrogens is 283 g/mol. The second-order valence-electron chi connectivity index (χ2n) is 4.78. The first-order chi connectivity index (χ1) is 9.54. The van der Waals surface area contributed by atoms with E-state index < -0.39 is 15.8 Å². The molecule has 1 aliphatic rings. The number of β-amino-alcohol motifs (C(OH)–C–C–N with tert-alkyl or cyclic N) is 1. The minimum absolute atomic E-state index is 0.0741. The number of hydrogen-bond acceptors (Lipinski definition) is 4. The molecule has 0 radical (unpaired) electrons. The smallest absolute Gasteiger partial charge is 0.243 e. The lowest BCUT2D eigenvalue weighted by atomic mass is 10.4. The molecule has 0 aromatic heterocycles. The summed E-state index contributed by atoms with van der Waals surface area (Å²) in [5, 5.41) is 8.93. The van der Waals surface area contributed by atoms with Crippen LogP contribution in [0.1, 0.15) is 6.42 Å². The van der Waals surface area contributed by atoms with Gasteiger partial charge >= 0.3 is 0 Å². The van der Waals surface area contributed by atoms with Gasteiger partial charge in [-0.05, 0) is 37.2 Å². The highest BCUT2D eigenvalue weighted by Gasteiger charge is 2.26. The summed E-state index contributed by atoms with van der Waals surface area (Å²) < 4.78 is 39.2. The van der Waals surface area contributed by atoms with Crippen molar-refractivity contribution in [1.82, 2.24) is 9.21 Å². The van der Waals surface area contributed by atoms with Crippen molar-refractivity contribution in [2.75, 3.05) is 39.3 Å². The van der Waals surface area contributed by atoms with E-state index in [1.54, 1.807) is 0 Å². The summed E-state index contributed by atoms with van der Waals surface area (Å²) in [4.78, 5) is 2.16. The van der Waals surface area contributed by atoms with Gasteiger partial charge < -0.3 is 5.11 Å². The highest BCUT2D eigenvalue weighted by Crippen LogP contribution is 2.18. The molecule has 2 rings (SSSR count). The van der Waals surface area contributed by atoms with Crippen LogP contribution in [0.5, 0.6) is 0 Å². The molecule has 1 heterocycles. The molecule has 1 aromatic carbocycles. The van der Waals surface area contributed by atoms with Crippen LogP contribution in [-0.4, -0.2) is 62.1 Å². The van der Waals surface area contributed by atoms with Crippen molar-refractivity contribution in [2.24, 2.45) is 0 Å². The van der Waals surface area contributed by atoms with Crippen LogP contribution in [0.2, 0.25) is 0 Å². The molecule has 112 valence electrons. The van der Waals surface area contributed by atoms with Gasteiger partial charge in [0.2, 0.25) is 10.0 Å². The van der Waals surface area contributed by atoms with E-state index in [0.717, 1.165) is 25.1 Å². The maximum absolute atomic E-state index is 12.9. The zero-order chi connectivity index (χ0) is 14.6. The number of rotatable bonds is 4. The molecule has 7 heteroatoms. The van der Waals surface area contributed by atoms with Gasteiger partial charge in [0, 0.05) is 26.2 Å². The monoisotopic (exact) mass is 302 g/mol. The summed E-state index contributed by atoms with van der Waals surface area (Å²) in [5.41, 5.74) is 0. The molecule has 0 saturated carbocycles. The minimum atomic E-state index is -3.56. The second kappa shape index (κ2) is 6.62. The summed E-state index contributed by atoms with van der Waals surface area (Å²) in [6.07, 6.45) is 0.723. The number of sulfonamides is 1. The first-order valence-corrected chi connectivity index (χ1v) is 8.07. The highest BCUT2D eigenvalue weighted by molar-refractivity contribution is 7.89. The van der Waals surface area contributed by atoms with Crippen LogP contribution in [0.15, 0.2) is 29.2 Å². The Bertz CT molecular complexity index is 533. The predicted molar refractivity (Wildman–Crippen MR) is 73.3 cm³/mol. The Morgan fingerprint density at radius 2 is 1.80 bits per heavy atom. The number of halogens is 1. The number of benzene rings is 1. The second-order valence-corrected chi connectivity index (χ2v) is 6.71. The Labute approximate surface area is 118 Å². The van der Waals surface area contributed by atoms with Gasteiger partial charge in [-0.25, -0.2) is 12.8 Å². The Kier molecular flexibility index (Phi) is 5.09. The van der Waals surface area contributed by atoms with Crippen molar-refractivity contribution >= 4 is 10.0 Å². The van der Waals surface area contributed by atoms with Crippen molar-refractivity contribution in [2.45, 2.75) is 11.3 Å². The lowest BCUT2D eigenvalue weighted by Gasteiger charge is -2.21. The minimum Gasteiger partial charge on any atom is -0.395 e. The van der Waals surface area contributed by atoms with Crippen molar-refractivity contribution in [3.8, 4) is 0 Å². The van der Waals surface area contributed by atoms with Gasteiger partial charge in [0.15, 0.2) is 0 Å². The van der Waals surface area contributed by atoms with E-state index in [-0.39, 0.29) is 11.5 Å². The first-order valence-electron chi connectivity index (χ1n) is 6.63. The van der Waals surface area contributed by atoms with E-state index in [1.165, 1.54) is 16.4 Å². The van der Waals surface area contributed by atoms with E-state index in [9.17, 15) is 12.8 Å². The SMILES string of the molecule is O=S(=O)(c1ccc(F)cc1)N1CCCN(CCO)CC1. The molecule has 20 heavy (non-hydrogen) atoms. The fourth-order valence-corrected chi connectivity index (χ4v) is 3.78. The zero-order valence-electron chi connectivity index (χ0n) is 11.2. The third kappa shape index (κ3) is 3.54. The fourth-order valence-electron chi connectivity index (χ4n) is 2.31. The molecule has 1 aliphatic heterocycles. The molecule has 0 aliphatic carbocycles. The van der Waals surface area contributed by atoms with Gasteiger partial charge in [0.05, 0.1) is 11.5 Å². The van der Waals surface area contributed by atoms with Crippen molar-refractivity contribution in [3.63, 3.8) is 0 Å². The molecule has 1 fully saturated rings. The van der Waals surface area contributed by atoms with Crippen LogP contribution in [0.25, 0.3) is 0 Å². The van der Waals surface area contributed by atoms with Crippen molar-refractivity contribution in [1.29, 1.82) is 0 Å². The molecule has 0 atom stereocenters. The summed E-state index contributed by atoms with van der Waals surface area (Å²) in [6.45, 7) is 2.84. The van der Waals surface area contributed by atoms with Gasteiger partial charge in [0.25, 0.3) is 0 Å². The maximum Gasteiger partial charge on any atom is 0.243 e. The van der Waals surface area contributed by atoms with Gasteiger partial charge in [-0.1, -0.05) is 0 Å². The Morgan fingerprint density at radius 1 is 1.10 bits per heavy atom. The van der Waals surface area contributed by atoms with Gasteiger partial charge in [-0.15, -0.1) is 0 Å². The summed E-state index contributed by atoms with van der Waals surface area (Å²) in [5.74, 6) is -0.450. The molecule has 0 spiro atoms. The summed E-state index contributed by atoms with van der Waals surface area (Å²) in [7, 11) is -3.56. The van der Waals surface area contributed by atoms with Crippen LogP contribution < -0.4 is 0 Å². The molecular formula is C13H19FN2O3S. The van der Waals surface area contributed by atoms with Crippen LogP contribution in [-0.2, 0) is 10.0 Å². The third-order valence-electron chi connectivity index (χ3n) is 3.42. The molecule has 0 amide bonds. The Morgan fingerprint density at radius 3 is 2.45 bits per heavy atom. The topological polar surface area (TPSA) is 60.9 Å². The highest BCUT2D eigenvalue weighted by atomic mass is 32.2. The summed E-state index contributed by atoms with van der Waals surface area (Å²) in [6, 6.07) is 4.90. The van der Waals surface area contributed by atoms with Gasteiger partial charge in [-0.2, -0.15) is 4.31 Å². The van der Waals surface area contributed by atoms with E-state index in [2.05, 4.69) is 0 Å². The van der Waals surface area contributed by atoms with Gasteiger partial charge in [-0.3, -0.25) is 4.90 Å². The standard InChI is InChI=1S/C13H19FN2O3S/c14-12-2-4-13(5-3-12)20(18,19)16-7-1-6-15(8-9-16)10-11-17/h2-5,17H,1,6-11H2. The normalized spacial score (nSPS) is 18.9. The lowest BCUT2D eigenvalue weighted by molar-refractivity contribution is 0.202. The molecule has 1 saturated heterocycles. The maximum atomic E-state index is 12.9. The number of aliphatic hydroxyl groups excluding tert-OH is 1. The molecule has 5 nitrogen and oxygen atoms in total. The molecule has 0 bridgehead atoms. The van der Waals surface area contributed by atoms with Crippen LogP contribution in [0.4, 0.5) is 4.39 Å². The van der Waals surface area contributed by atoms with Crippen molar-refractivity contribution in [3.05, 3.63) is 30.1 Å². The lowest BCUT2D eigenvalue weighted by Crippen LogP contribution is -2.35. The quantitative estimate of drug-likeness (QED) is 0.880. The molecule has 1 N–H and O–H groups in total. The average molecular weight is 302 g/mol. The molecule has 0 unspecified atom stereocenters. The largest absolute Gasteiger partial charge is 0.395 e. The first kappa shape index (κ1) is 15.4. The van der Waals surface area contributed by atoms with E-state index in [1.807, 2.05) is 4.90 Å². The van der Waals surface area contributed by atoms with E-state index in [0.29, 0.717) is 26.2 Å². The Hall–Kier alpha value is -1.02. The number of aliphatic hydroxyl groups is 1. The van der Waals surface area contributed by atoms with Crippen LogP contribution in [0.3, 0.4) is 0 Å². The van der Waals surface area contributed by atoms with E-state index >= 15 is 0 Å². The van der Waals surface area contributed by atoms with E-state index in [4.69, 9.17) is 5.11 Å². The third-order valence-corrected chi connectivity index (χ3v) is 5.33. The fraction of sp³-hybridized carbons (Fsp3) is 0.538. The summed E-state index contributed by atoms with van der Waals surface area (Å²) >= 11 is 0. The number of nitrogens with zero attached hydrogens (tertiary/aromatic N) is 2. The number of hydrogen-bond donors (Lipinski definition) is 1. The predicted octanol–water partition coefficient (Wildman–Crippen LogP) is 0.514. The van der Waals surface area contributed by atoms with Crippen molar-refractivity contribution < 1.29 is 17.9 Å².